The van der Waals surface area contributed by atoms with E-state index in [-0.39, 0.29) is 6.61 Å². The summed E-state index contributed by atoms with van der Waals surface area (Å²) >= 11 is 0. The zero-order valence-corrected chi connectivity index (χ0v) is 22.6. The average molecular weight is 533 g/mol. The summed E-state index contributed by atoms with van der Waals surface area (Å²) < 4.78 is 11.3. The lowest BCUT2D eigenvalue weighted by atomic mass is 9.66. The summed E-state index contributed by atoms with van der Waals surface area (Å²) in [4.78, 5) is 15.3. The molecular weight excluding hydrogens is 492 g/mol. The van der Waals surface area contributed by atoms with Gasteiger partial charge in [-0.15, -0.1) is 0 Å². The summed E-state index contributed by atoms with van der Waals surface area (Å²) in [6.45, 7) is 6.39. The number of phenols is 1. The van der Waals surface area contributed by atoms with Crippen LogP contribution in [0.4, 0.5) is 0 Å². The number of aliphatic carboxylic acids is 1. The van der Waals surface area contributed by atoms with Crippen molar-refractivity contribution in [2.75, 3.05) is 59.1 Å². The average Bonchev–Trinajstić information content (AvgIpc) is 2.96. The van der Waals surface area contributed by atoms with Crippen LogP contribution >= 0.6 is 0 Å². The minimum absolute atomic E-state index is 0.229. The topological polar surface area (TPSA) is 82.5 Å². The first-order valence-corrected chi connectivity index (χ1v) is 14.2. The maximum atomic E-state index is 10.5. The lowest BCUT2D eigenvalue weighted by molar-refractivity contribution is -0.142. The fraction of sp³-hybridized carbons (Fsp3) is 0.469. The molecule has 1 aliphatic heterocycles. The van der Waals surface area contributed by atoms with Gasteiger partial charge in [0.05, 0.1) is 6.61 Å². The van der Waals surface area contributed by atoms with Gasteiger partial charge in [0.25, 0.3) is 0 Å². The second kappa shape index (κ2) is 13.3. The molecule has 1 saturated heterocycles. The quantitative estimate of drug-likeness (QED) is 0.417. The second-order valence-corrected chi connectivity index (χ2v) is 10.8. The van der Waals surface area contributed by atoms with Crippen molar-refractivity contribution < 1.29 is 24.5 Å². The molecule has 5 rings (SSSR count). The second-order valence-electron chi connectivity index (χ2n) is 10.8. The third kappa shape index (κ3) is 7.29. The van der Waals surface area contributed by atoms with Gasteiger partial charge in [0.1, 0.15) is 24.7 Å². The van der Waals surface area contributed by atoms with Crippen molar-refractivity contribution in [3.8, 4) is 11.5 Å². The van der Waals surface area contributed by atoms with Crippen molar-refractivity contribution in [2.45, 2.75) is 25.2 Å². The number of carboxylic acids is 1. The van der Waals surface area contributed by atoms with E-state index in [1.807, 2.05) is 12.1 Å². The number of benzene rings is 2. The highest BCUT2D eigenvalue weighted by Crippen LogP contribution is 2.47. The number of hydrogen-bond donors (Lipinski definition) is 2. The SMILES string of the molecule is O=C(O)COCCN1CCN(CCOc2ccc(C3c4ccc(O)cc4CCC3C3C=CC=CC3)cc2)CC1. The van der Waals surface area contributed by atoms with E-state index in [1.54, 1.807) is 0 Å². The monoisotopic (exact) mass is 532 g/mol. The van der Waals surface area contributed by atoms with Crippen LogP contribution in [0.25, 0.3) is 0 Å². The lowest BCUT2D eigenvalue weighted by Crippen LogP contribution is -2.48. The Morgan fingerprint density at radius 3 is 2.38 bits per heavy atom. The highest BCUT2D eigenvalue weighted by molar-refractivity contribution is 5.67. The van der Waals surface area contributed by atoms with E-state index in [4.69, 9.17) is 14.6 Å². The van der Waals surface area contributed by atoms with Crippen LogP contribution in [-0.4, -0.2) is 85.1 Å². The first-order chi connectivity index (χ1) is 19.1. The van der Waals surface area contributed by atoms with Crippen LogP contribution in [0.15, 0.2) is 66.8 Å². The number of phenolic OH excluding ortho intramolecular Hbond substituents is 1. The number of aromatic hydroxyl groups is 1. The molecule has 3 atom stereocenters. The maximum absolute atomic E-state index is 10.5. The van der Waals surface area contributed by atoms with Crippen LogP contribution in [0.2, 0.25) is 0 Å². The van der Waals surface area contributed by atoms with E-state index < -0.39 is 5.97 Å². The molecule has 208 valence electrons. The Morgan fingerprint density at radius 2 is 1.69 bits per heavy atom. The molecule has 2 aromatic rings. The maximum Gasteiger partial charge on any atom is 0.329 e. The molecule has 7 heteroatoms. The van der Waals surface area contributed by atoms with Crippen molar-refractivity contribution >= 4 is 5.97 Å². The van der Waals surface area contributed by atoms with Crippen LogP contribution in [0.5, 0.6) is 11.5 Å². The largest absolute Gasteiger partial charge is 0.508 e. The molecule has 0 radical (unpaired) electrons. The van der Waals surface area contributed by atoms with Gasteiger partial charge in [-0.2, -0.15) is 0 Å². The summed E-state index contributed by atoms with van der Waals surface area (Å²) in [5.74, 6) is 1.67. The van der Waals surface area contributed by atoms with E-state index in [9.17, 15) is 9.90 Å². The highest BCUT2D eigenvalue weighted by Gasteiger charge is 2.35. The lowest BCUT2D eigenvalue weighted by Gasteiger charge is -2.38. The van der Waals surface area contributed by atoms with E-state index >= 15 is 0 Å². The number of ether oxygens (including phenoxy) is 2. The van der Waals surface area contributed by atoms with Gasteiger partial charge < -0.3 is 19.7 Å². The van der Waals surface area contributed by atoms with E-state index in [2.05, 4.69) is 64.4 Å². The summed E-state index contributed by atoms with van der Waals surface area (Å²) in [6.07, 6.45) is 12.2. The van der Waals surface area contributed by atoms with Crippen molar-refractivity contribution in [2.24, 2.45) is 11.8 Å². The van der Waals surface area contributed by atoms with Crippen LogP contribution in [-0.2, 0) is 16.0 Å². The molecule has 2 aromatic carbocycles. The molecule has 0 bridgehead atoms. The van der Waals surface area contributed by atoms with Gasteiger partial charge >= 0.3 is 5.97 Å². The smallest absolute Gasteiger partial charge is 0.329 e. The van der Waals surface area contributed by atoms with Gasteiger partial charge in [0, 0.05) is 45.2 Å². The molecule has 2 N–H and O–H groups in total. The van der Waals surface area contributed by atoms with Gasteiger partial charge in [0.15, 0.2) is 0 Å². The Labute approximate surface area is 231 Å². The summed E-state index contributed by atoms with van der Waals surface area (Å²) in [5, 5.41) is 18.7. The molecule has 0 aromatic heterocycles. The molecule has 0 spiro atoms. The summed E-state index contributed by atoms with van der Waals surface area (Å²) in [7, 11) is 0. The number of fused-ring (bicyclic) bond motifs is 1. The van der Waals surface area contributed by atoms with Crippen molar-refractivity contribution in [3.63, 3.8) is 0 Å². The third-order valence-corrected chi connectivity index (χ3v) is 8.36. The molecule has 3 aliphatic rings. The van der Waals surface area contributed by atoms with Gasteiger partial charge in [0.2, 0.25) is 0 Å². The van der Waals surface area contributed by atoms with Crippen molar-refractivity contribution in [1.82, 2.24) is 9.80 Å². The molecule has 0 saturated carbocycles. The van der Waals surface area contributed by atoms with Gasteiger partial charge in [-0.25, -0.2) is 4.79 Å². The molecule has 3 unspecified atom stereocenters. The number of nitrogens with zero attached hydrogens (tertiary/aromatic N) is 2. The minimum atomic E-state index is -0.923. The molecule has 7 nitrogen and oxygen atoms in total. The minimum Gasteiger partial charge on any atom is -0.508 e. The standard InChI is InChI=1S/C32H40N2O5/c35-27-9-13-30-26(22-27)8-12-29(24-4-2-1-3-5-24)32(30)25-6-10-28(11-7-25)39-21-19-34-16-14-33(15-17-34)18-20-38-23-31(36)37/h1-4,6-7,9-11,13,22,24,29,32,35H,5,8,12,14-21,23H2,(H,36,37). The molecule has 0 amide bonds. The van der Waals surface area contributed by atoms with E-state index in [0.29, 0.717) is 36.7 Å². The van der Waals surface area contributed by atoms with Crippen LogP contribution in [0, 0.1) is 11.8 Å². The molecule has 2 aliphatic carbocycles. The van der Waals surface area contributed by atoms with Gasteiger partial charge in [-0.05, 0) is 72.1 Å². The molecule has 1 fully saturated rings. The normalized spacial score (nSPS) is 23.4. The third-order valence-electron chi connectivity index (χ3n) is 8.36. The Hall–Kier alpha value is -3.13. The Morgan fingerprint density at radius 1 is 0.949 bits per heavy atom. The fourth-order valence-electron chi connectivity index (χ4n) is 6.29. The van der Waals surface area contributed by atoms with E-state index in [0.717, 1.165) is 64.3 Å². The van der Waals surface area contributed by atoms with Gasteiger partial charge in [-0.1, -0.05) is 42.5 Å². The summed E-state index contributed by atoms with van der Waals surface area (Å²) in [6, 6.07) is 14.6. The zero-order valence-electron chi connectivity index (χ0n) is 22.6. The molecule has 39 heavy (non-hydrogen) atoms. The molecule has 1 heterocycles. The van der Waals surface area contributed by atoms with E-state index in [1.165, 1.54) is 16.7 Å². The van der Waals surface area contributed by atoms with Crippen molar-refractivity contribution in [1.29, 1.82) is 0 Å². The number of hydrogen-bond acceptors (Lipinski definition) is 6. The Kier molecular flexibility index (Phi) is 9.35. The predicted octanol–water partition coefficient (Wildman–Crippen LogP) is 4.32. The van der Waals surface area contributed by atoms with Gasteiger partial charge in [-0.3, -0.25) is 9.80 Å². The fourth-order valence-corrected chi connectivity index (χ4v) is 6.29. The highest BCUT2D eigenvalue weighted by atomic mass is 16.5. The first kappa shape index (κ1) is 27.4. The zero-order chi connectivity index (χ0) is 27.0. The number of allylic oxidation sites excluding steroid dienone is 4. The van der Waals surface area contributed by atoms with Crippen molar-refractivity contribution in [3.05, 3.63) is 83.5 Å². The Bertz CT molecular complexity index is 1150. The predicted molar refractivity (Wildman–Crippen MR) is 151 cm³/mol. The van der Waals surface area contributed by atoms with Crippen LogP contribution in [0.3, 0.4) is 0 Å². The number of carbonyl (C=O) groups is 1. The molecular formula is C32H40N2O5. The van der Waals surface area contributed by atoms with Crippen LogP contribution in [0.1, 0.15) is 35.4 Å². The number of aryl methyl sites for hydroxylation is 1. The Balaban J connectivity index is 1.14. The summed E-state index contributed by atoms with van der Waals surface area (Å²) in [5.41, 5.74) is 3.92. The van der Waals surface area contributed by atoms with Crippen LogP contribution < -0.4 is 4.74 Å². The first-order valence-electron chi connectivity index (χ1n) is 14.2. The number of piperazine rings is 1. The number of carboxylic acid groups (broad SMARTS) is 1. The number of rotatable bonds is 11.